The minimum Gasteiger partial charge on any atom is -0.507 e. The van der Waals surface area contributed by atoms with E-state index in [1.807, 2.05) is 0 Å². The van der Waals surface area contributed by atoms with E-state index in [1.165, 1.54) is 31.4 Å². The van der Waals surface area contributed by atoms with Crippen LogP contribution in [0.3, 0.4) is 0 Å². The summed E-state index contributed by atoms with van der Waals surface area (Å²) < 4.78 is 43.8. The number of amides is 3. The van der Waals surface area contributed by atoms with Gasteiger partial charge in [-0.15, -0.1) is 0 Å². The molecule has 7 nitrogen and oxygen atoms in total. The van der Waals surface area contributed by atoms with Crippen LogP contribution in [0.2, 0.25) is 5.02 Å². The first kappa shape index (κ1) is 23.5. The van der Waals surface area contributed by atoms with E-state index >= 15 is 0 Å². The Labute approximate surface area is 188 Å². The molecule has 0 saturated carbocycles. The number of aromatic hydroxyl groups is 1. The molecule has 3 rings (SSSR count). The summed E-state index contributed by atoms with van der Waals surface area (Å²) in [6.07, 6.45) is -3.39. The highest BCUT2D eigenvalue weighted by Gasteiger charge is 2.37. The van der Waals surface area contributed by atoms with Gasteiger partial charge in [0.25, 0.3) is 11.1 Å². The Kier molecular flexibility index (Phi) is 6.70. The van der Waals surface area contributed by atoms with Gasteiger partial charge in [-0.25, -0.2) is 0 Å². The molecule has 0 aliphatic carbocycles. The number of phenols is 1. The molecule has 168 valence electrons. The predicted octanol–water partition coefficient (Wildman–Crippen LogP) is 4.75. The fourth-order valence-corrected chi connectivity index (χ4v) is 3.74. The molecule has 1 fully saturated rings. The van der Waals surface area contributed by atoms with Crippen LogP contribution in [0.5, 0.6) is 11.5 Å². The number of benzene rings is 2. The first-order valence-electron chi connectivity index (χ1n) is 8.78. The summed E-state index contributed by atoms with van der Waals surface area (Å²) in [6, 6.07) is 6.66. The number of imide groups is 1. The molecule has 2 N–H and O–H groups in total. The third-order valence-corrected chi connectivity index (χ3v) is 5.39. The summed E-state index contributed by atoms with van der Waals surface area (Å²) in [4.78, 5) is 37.7. The molecule has 0 aromatic heterocycles. The molecule has 12 heteroatoms. The molecule has 3 amide bonds. The zero-order valence-corrected chi connectivity index (χ0v) is 17.8. The van der Waals surface area contributed by atoms with E-state index in [0.717, 1.165) is 12.1 Å². The molecule has 1 aliphatic heterocycles. The Morgan fingerprint density at radius 1 is 1.25 bits per heavy atom. The second-order valence-corrected chi connectivity index (χ2v) is 7.86. The van der Waals surface area contributed by atoms with Gasteiger partial charge in [-0.3, -0.25) is 19.3 Å². The minimum absolute atomic E-state index is 0.0307. The van der Waals surface area contributed by atoms with Gasteiger partial charge < -0.3 is 15.2 Å². The van der Waals surface area contributed by atoms with Gasteiger partial charge in [-0.2, -0.15) is 13.2 Å². The van der Waals surface area contributed by atoms with Crippen LogP contribution in [-0.2, 0) is 15.8 Å². The fraction of sp³-hybridized carbons (Fsp3) is 0.150. The Bertz CT molecular complexity index is 1140. The third kappa shape index (κ3) is 5.17. The molecule has 2 aromatic rings. The Morgan fingerprint density at radius 2 is 1.97 bits per heavy atom. The normalized spacial score (nSPS) is 15.4. The number of phenolic OH excluding ortho intramolecular Hbond substituents is 1. The van der Waals surface area contributed by atoms with Crippen LogP contribution in [0.15, 0.2) is 41.3 Å². The van der Waals surface area contributed by atoms with Crippen molar-refractivity contribution in [2.24, 2.45) is 0 Å². The quantitative estimate of drug-likeness (QED) is 0.592. The van der Waals surface area contributed by atoms with Crippen LogP contribution in [-0.4, -0.2) is 40.7 Å². The molecule has 0 unspecified atom stereocenters. The Hall–Kier alpha value is -3.18. The smallest absolute Gasteiger partial charge is 0.416 e. The van der Waals surface area contributed by atoms with Crippen LogP contribution < -0.4 is 10.1 Å². The molecule has 2 aromatic carbocycles. The van der Waals surface area contributed by atoms with Gasteiger partial charge in [-0.05, 0) is 54.2 Å². The number of carbonyl (C=O) groups is 3. The number of anilines is 1. The maximum Gasteiger partial charge on any atom is 0.416 e. The van der Waals surface area contributed by atoms with Crippen molar-refractivity contribution in [2.45, 2.75) is 6.18 Å². The molecule has 0 atom stereocenters. The maximum absolute atomic E-state index is 13.0. The van der Waals surface area contributed by atoms with Gasteiger partial charge in [0.15, 0.2) is 0 Å². The van der Waals surface area contributed by atoms with Crippen molar-refractivity contribution < 1.29 is 37.4 Å². The largest absolute Gasteiger partial charge is 0.507 e. The molecule has 0 spiro atoms. The SMILES string of the molecule is COc1ccc(C(F)(F)F)cc1NC(=O)CN1C(=O)S/C(=C\c2cc(Cl)ccc2O)C1=O. The summed E-state index contributed by atoms with van der Waals surface area (Å²) in [5.41, 5.74) is -1.08. The van der Waals surface area contributed by atoms with Crippen molar-refractivity contribution in [1.82, 2.24) is 4.90 Å². The zero-order valence-electron chi connectivity index (χ0n) is 16.2. The number of hydrogen-bond donors (Lipinski definition) is 2. The Balaban J connectivity index is 1.77. The summed E-state index contributed by atoms with van der Waals surface area (Å²) in [7, 11) is 1.21. The van der Waals surface area contributed by atoms with Crippen LogP contribution >= 0.6 is 23.4 Å². The van der Waals surface area contributed by atoms with Crippen LogP contribution in [0.4, 0.5) is 23.7 Å². The first-order valence-corrected chi connectivity index (χ1v) is 9.98. The first-order chi connectivity index (χ1) is 15.0. The molecule has 0 radical (unpaired) electrons. The van der Waals surface area contributed by atoms with Crippen molar-refractivity contribution in [2.75, 3.05) is 19.0 Å². The summed E-state index contributed by atoms with van der Waals surface area (Å²) >= 11 is 6.41. The zero-order chi connectivity index (χ0) is 23.6. The number of rotatable bonds is 5. The lowest BCUT2D eigenvalue weighted by atomic mass is 10.1. The van der Waals surface area contributed by atoms with Crippen LogP contribution in [0, 0.1) is 0 Å². The highest BCUT2D eigenvalue weighted by atomic mass is 35.5. The van der Waals surface area contributed by atoms with Gasteiger partial charge in [0, 0.05) is 10.6 Å². The topological polar surface area (TPSA) is 95.9 Å². The van der Waals surface area contributed by atoms with E-state index in [4.69, 9.17) is 16.3 Å². The summed E-state index contributed by atoms with van der Waals surface area (Å²) in [5.74, 6) is -1.91. The molecule has 0 bridgehead atoms. The highest BCUT2D eigenvalue weighted by molar-refractivity contribution is 8.18. The molecular formula is C20H14ClF3N2O5S. The number of nitrogens with one attached hydrogen (secondary N) is 1. The number of halogens is 4. The second-order valence-electron chi connectivity index (χ2n) is 6.43. The highest BCUT2D eigenvalue weighted by Crippen LogP contribution is 2.36. The number of carbonyl (C=O) groups excluding carboxylic acids is 3. The van der Waals surface area contributed by atoms with E-state index in [9.17, 15) is 32.7 Å². The number of nitrogens with zero attached hydrogens (tertiary/aromatic N) is 1. The van der Waals surface area contributed by atoms with E-state index in [0.29, 0.717) is 27.8 Å². The van der Waals surface area contributed by atoms with Gasteiger partial charge in [0.05, 0.1) is 23.3 Å². The van der Waals surface area contributed by atoms with Gasteiger partial charge >= 0.3 is 6.18 Å². The fourth-order valence-electron chi connectivity index (χ4n) is 2.73. The average molecular weight is 487 g/mol. The van der Waals surface area contributed by atoms with Crippen molar-refractivity contribution >= 4 is 52.2 Å². The van der Waals surface area contributed by atoms with Gasteiger partial charge in [0.1, 0.15) is 18.0 Å². The lowest BCUT2D eigenvalue weighted by Crippen LogP contribution is -2.36. The standard InChI is InChI=1S/C20H14ClF3N2O5S/c1-31-15-5-2-11(20(22,23)24)8-13(15)25-17(28)9-26-18(29)16(32-19(26)30)7-10-6-12(21)3-4-14(10)27/h2-8,27H,9H2,1H3,(H,25,28)/b16-7-. The molecular weight excluding hydrogens is 473 g/mol. The van der Waals surface area contributed by atoms with Gasteiger partial charge in [0.2, 0.25) is 5.91 Å². The number of thioether (sulfide) groups is 1. The third-order valence-electron chi connectivity index (χ3n) is 4.25. The second kappa shape index (κ2) is 9.13. The maximum atomic E-state index is 13.0. The summed E-state index contributed by atoms with van der Waals surface area (Å²) in [6.45, 7) is -0.733. The van der Waals surface area contributed by atoms with Crippen molar-refractivity contribution in [1.29, 1.82) is 0 Å². The van der Waals surface area contributed by atoms with Crippen molar-refractivity contribution in [3.05, 3.63) is 57.5 Å². The molecule has 1 aliphatic rings. The van der Waals surface area contributed by atoms with Crippen LogP contribution in [0.1, 0.15) is 11.1 Å². The molecule has 32 heavy (non-hydrogen) atoms. The van der Waals surface area contributed by atoms with Crippen molar-refractivity contribution in [3.8, 4) is 11.5 Å². The van der Waals surface area contributed by atoms with E-state index in [-0.39, 0.29) is 27.7 Å². The molecule has 1 saturated heterocycles. The van der Waals surface area contributed by atoms with Crippen molar-refractivity contribution in [3.63, 3.8) is 0 Å². The van der Waals surface area contributed by atoms with Crippen LogP contribution in [0.25, 0.3) is 6.08 Å². The predicted molar refractivity (Wildman–Crippen MR) is 112 cm³/mol. The van der Waals surface area contributed by atoms with E-state index in [1.54, 1.807) is 0 Å². The lowest BCUT2D eigenvalue weighted by molar-refractivity contribution is -0.137. The van der Waals surface area contributed by atoms with E-state index in [2.05, 4.69) is 5.32 Å². The molecule has 1 heterocycles. The number of ether oxygens (including phenoxy) is 1. The number of methoxy groups -OCH3 is 1. The monoisotopic (exact) mass is 486 g/mol. The Morgan fingerprint density at radius 3 is 2.62 bits per heavy atom. The average Bonchev–Trinajstić information content (AvgIpc) is 2.97. The number of alkyl halides is 3. The van der Waals surface area contributed by atoms with Gasteiger partial charge in [-0.1, -0.05) is 11.6 Å². The summed E-state index contributed by atoms with van der Waals surface area (Å²) in [5, 5.41) is 11.6. The lowest BCUT2D eigenvalue weighted by Gasteiger charge is -2.16. The van der Waals surface area contributed by atoms with E-state index < -0.39 is 35.3 Å². The minimum atomic E-state index is -4.64. The number of hydrogen-bond acceptors (Lipinski definition) is 6.